The van der Waals surface area contributed by atoms with Gasteiger partial charge in [-0.25, -0.2) is 0 Å². The van der Waals surface area contributed by atoms with Crippen molar-refractivity contribution >= 4 is 0 Å². The van der Waals surface area contributed by atoms with E-state index in [2.05, 4.69) is 64.2 Å². The van der Waals surface area contributed by atoms with Crippen molar-refractivity contribution in [2.24, 2.45) is 5.41 Å². The number of ether oxygens (including phenoxy) is 1. The van der Waals surface area contributed by atoms with Crippen LogP contribution in [-0.4, -0.2) is 24.8 Å². The zero-order valence-corrected chi connectivity index (χ0v) is 13.6. The summed E-state index contributed by atoms with van der Waals surface area (Å²) in [6, 6.07) is 8.88. The molecule has 112 valence electrons. The van der Waals surface area contributed by atoms with E-state index >= 15 is 0 Å². The van der Waals surface area contributed by atoms with Crippen LogP contribution in [0.1, 0.15) is 45.2 Å². The maximum absolute atomic E-state index is 5.90. The third-order valence-corrected chi connectivity index (χ3v) is 4.44. The number of benzene rings is 1. The first-order valence-electron chi connectivity index (χ1n) is 7.73. The quantitative estimate of drug-likeness (QED) is 0.904. The number of hydrogen-bond donors (Lipinski definition) is 1. The molecule has 1 aromatic carbocycles. The van der Waals surface area contributed by atoms with Gasteiger partial charge in [0.1, 0.15) is 0 Å². The fraction of sp³-hybridized carbons (Fsp3) is 0.667. The maximum Gasteiger partial charge on any atom is 0.0619 e. The van der Waals surface area contributed by atoms with Crippen LogP contribution < -0.4 is 5.32 Å². The van der Waals surface area contributed by atoms with Crippen LogP contribution in [0.25, 0.3) is 0 Å². The van der Waals surface area contributed by atoms with Crippen molar-refractivity contribution in [1.82, 2.24) is 5.32 Å². The Morgan fingerprint density at radius 3 is 2.65 bits per heavy atom. The summed E-state index contributed by atoms with van der Waals surface area (Å²) in [6.45, 7) is 13.0. The van der Waals surface area contributed by atoms with Gasteiger partial charge in [-0.15, -0.1) is 0 Å². The monoisotopic (exact) mass is 275 g/mol. The minimum atomic E-state index is 0.155. The highest BCUT2D eigenvalue weighted by atomic mass is 16.5. The topological polar surface area (TPSA) is 21.3 Å². The van der Waals surface area contributed by atoms with E-state index in [4.69, 9.17) is 4.74 Å². The molecule has 2 nitrogen and oxygen atoms in total. The molecule has 2 atom stereocenters. The van der Waals surface area contributed by atoms with Gasteiger partial charge in [0.05, 0.1) is 6.10 Å². The van der Waals surface area contributed by atoms with Gasteiger partial charge in [-0.2, -0.15) is 0 Å². The van der Waals surface area contributed by atoms with Crippen LogP contribution in [0.5, 0.6) is 0 Å². The molecule has 0 aromatic heterocycles. The Hall–Kier alpha value is -0.860. The van der Waals surface area contributed by atoms with Crippen LogP contribution in [0.3, 0.4) is 0 Å². The smallest absolute Gasteiger partial charge is 0.0619 e. The van der Waals surface area contributed by atoms with Gasteiger partial charge in [0.25, 0.3) is 0 Å². The molecule has 0 aliphatic carbocycles. The zero-order chi connectivity index (χ0) is 14.8. The van der Waals surface area contributed by atoms with Crippen LogP contribution in [0.15, 0.2) is 24.3 Å². The first kappa shape index (κ1) is 15.5. The molecule has 0 amide bonds. The van der Waals surface area contributed by atoms with E-state index in [9.17, 15) is 0 Å². The lowest BCUT2D eigenvalue weighted by Gasteiger charge is -2.36. The van der Waals surface area contributed by atoms with E-state index in [-0.39, 0.29) is 11.0 Å². The number of nitrogens with one attached hydrogen (secondary N) is 1. The van der Waals surface area contributed by atoms with E-state index in [1.807, 2.05) is 0 Å². The molecule has 2 unspecified atom stereocenters. The number of hydrogen-bond acceptors (Lipinski definition) is 2. The lowest BCUT2D eigenvalue weighted by molar-refractivity contribution is 0.0598. The summed E-state index contributed by atoms with van der Waals surface area (Å²) < 4.78 is 5.90. The molecule has 1 saturated heterocycles. The van der Waals surface area contributed by atoms with E-state index < -0.39 is 0 Å². The molecule has 20 heavy (non-hydrogen) atoms. The molecule has 1 aromatic rings. The van der Waals surface area contributed by atoms with Gasteiger partial charge >= 0.3 is 0 Å². The summed E-state index contributed by atoms with van der Waals surface area (Å²) >= 11 is 0. The van der Waals surface area contributed by atoms with Gasteiger partial charge in [0.2, 0.25) is 0 Å². The highest BCUT2D eigenvalue weighted by molar-refractivity contribution is 5.24. The number of rotatable bonds is 4. The van der Waals surface area contributed by atoms with Gasteiger partial charge in [-0.1, -0.05) is 29.8 Å². The first-order valence-corrected chi connectivity index (χ1v) is 7.73. The minimum absolute atomic E-state index is 0.155. The molecule has 0 saturated carbocycles. The molecule has 1 aliphatic rings. The van der Waals surface area contributed by atoms with Crippen molar-refractivity contribution < 1.29 is 4.74 Å². The molecular weight excluding hydrogens is 246 g/mol. The van der Waals surface area contributed by atoms with Gasteiger partial charge in [-0.3, -0.25) is 0 Å². The summed E-state index contributed by atoms with van der Waals surface area (Å²) in [7, 11) is 0. The SMILES string of the molecule is Cc1cccc(CC2(CNC(C)(C)C)CCOC2C)c1. The molecule has 1 fully saturated rings. The fourth-order valence-corrected chi connectivity index (χ4v) is 3.02. The molecule has 2 heteroatoms. The van der Waals surface area contributed by atoms with Crippen molar-refractivity contribution in [3.63, 3.8) is 0 Å². The Morgan fingerprint density at radius 1 is 1.35 bits per heavy atom. The molecule has 2 rings (SSSR count). The highest BCUT2D eigenvalue weighted by Gasteiger charge is 2.41. The van der Waals surface area contributed by atoms with E-state index in [0.29, 0.717) is 6.10 Å². The normalized spacial score (nSPS) is 26.9. The fourth-order valence-electron chi connectivity index (χ4n) is 3.02. The van der Waals surface area contributed by atoms with E-state index in [1.54, 1.807) is 0 Å². The third kappa shape index (κ3) is 3.83. The summed E-state index contributed by atoms with van der Waals surface area (Å²) in [5, 5.41) is 3.69. The van der Waals surface area contributed by atoms with E-state index in [1.165, 1.54) is 11.1 Å². The highest BCUT2D eigenvalue weighted by Crippen LogP contribution is 2.38. The molecule has 1 heterocycles. The van der Waals surface area contributed by atoms with Crippen LogP contribution in [0.4, 0.5) is 0 Å². The second-order valence-corrected chi connectivity index (χ2v) is 7.39. The average molecular weight is 275 g/mol. The van der Waals surface area contributed by atoms with Gasteiger partial charge in [0.15, 0.2) is 0 Å². The lowest BCUT2D eigenvalue weighted by Crippen LogP contribution is -2.47. The Morgan fingerprint density at radius 2 is 2.10 bits per heavy atom. The lowest BCUT2D eigenvalue weighted by atomic mass is 9.75. The Kier molecular flexibility index (Phi) is 4.55. The van der Waals surface area contributed by atoms with Gasteiger partial charge in [-0.05, 0) is 53.0 Å². The third-order valence-electron chi connectivity index (χ3n) is 4.44. The predicted octanol–water partition coefficient (Wildman–Crippen LogP) is 3.72. The van der Waals surface area contributed by atoms with Crippen LogP contribution in [-0.2, 0) is 11.2 Å². The van der Waals surface area contributed by atoms with Crippen LogP contribution in [0.2, 0.25) is 0 Å². The average Bonchev–Trinajstić information content (AvgIpc) is 2.68. The Balaban J connectivity index is 2.15. The summed E-state index contributed by atoms with van der Waals surface area (Å²) in [5.74, 6) is 0. The minimum Gasteiger partial charge on any atom is -0.378 e. The molecule has 0 spiro atoms. The molecule has 0 bridgehead atoms. The molecular formula is C18H29NO. The second kappa shape index (κ2) is 5.87. The largest absolute Gasteiger partial charge is 0.378 e. The predicted molar refractivity (Wildman–Crippen MR) is 85.1 cm³/mol. The zero-order valence-electron chi connectivity index (χ0n) is 13.6. The Bertz CT molecular complexity index is 449. The van der Waals surface area contributed by atoms with Crippen molar-refractivity contribution in [1.29, 1.82) is 0 Å². The Labute approximate surface area is 123 Å². The molecule has 1 aliphatic heterocycles. The van der Waals surface area contributed by atoms with Gasteiger partial charge in [0, 0.05) is 24.1 Å². The van der Waals surface area contributed by atoms with Crippen molar-refractivity contribution in [2.45, 2.75) is 59.1 Å². The van der Waals surface area contributed by atoms with E-state index in [0.717, 1.165) is 26.0 Å². The molecule has 0 radical (unpaired) electrons. The maximum atomic E-state index is 5.90. The first-order chi connectivity index (χ1) is 9.31. The van der Waals surface area contributed by atoms with Gasteiger partial charge < -0.3 is 10.1 Å². The summed E-state index contributed by atoms with van der Waals surface area (Å²) in [6.07, 6.45) is 2.56. The van der Waals surface area contributed by atoms with Crippen LogP contribution in [0, 0.1) is 12.3 Å². The number of aryl methyl sites for hydroxylation is 1. The summed E-state index contributed by atoms with van der Waals surface area (Å²) in [5.41, 5.74) is 3.15. The molecule has 1 N–H and O–H groups in total. The second-order valence-electron chi connectivity index (χ2n) is 7.39. The van der Waals surface area contributed by atoms with Crippen molar-refractivity contribution in [3.8, 4) is 0 Å². The van der Waals surface area contributed by atoms with Crippen molar-refractivity contribution in [2.75, 3.05) is 13.2 Å². The van der Waals surface area contributed by atoms with Crippen molar-refractivity contribution in [3.05, 3.63) is 35.4 Å². The standard InChI is InChI=1S/C18H29NO/c1-14-7-6-8-16(11-14)12-18(9-10-20-15(18)2)13-19-17(3,4)5/h6-8,11,15,19H,9-10,12-13H2,1-5H3. The summed E-state index contributed by atoms with van der Waals surface area (Å²) in [4.78, 5) is 0. The van der Waals surface area contributed by atoms with Crippen LogP contribution >= 0.6 is 0 Å².